The number of carbonyl (C=O) groups excluding carboxylic acids is 1. The molecular weight excluding hydrogens is 442 g/mol. The molecule has 0 saturated carbocycles. The lowest BCUT2D eigenvalue weighted by atomic mass is 9.90. The van der Waals surface area contributed by atoms with Crippen LogP contribution in [0.4, 0.5) is 14.8 Å². The van der Waals surface area contributed by atoms with Crippen LogP contribution in [0.1, 0.15) is 35.7 Å². The molecule has 1 aliphatic heterocycles. The number of fused-ring (bicyclic) bond motifs is 1. The molecule has 10 heteroatoms. The Morgan fingerprint density at radius 1 is 1.21 bits per heavy atom. The average molecular weight is 466 g/mol. The van der Waals surface area contributed by atoms with Crippen molar-refractivity contribution in [2.24, 2.45) is 5.92 Å². The molecule has 0 spiro atoms. The van der Waals surface area contributed by atoms with Gasteiger partial charge >= 0.3 is 0 Å². The van der Waals surface area contributed by atoms with Crippen molar-refractivity contribution in [3.8, 4) is 5.69 Å². The number of nitrogens with one attached hydrogen (secondary N) is 1. The molecule has 34 heavy (non-hydrogen) atoms. The maximum absolute atomic E-state index is 15.1. The first-order valence-electron chi connectivity index (χ1n) is 11.2. The summed E-state index contributed by atoms with van der Waals surface area (Å²) in [5.74, 6) is -1.27. The van der Waals surface area contributed by atoms with Crippen molar-refractivity contribution in [2.75, 3.05) is 18.4 Å². The van der Waals surface area contributed by atoms with Crippen molar-refractivity contribution in [1.82, 2.24) is 24.9 Å². The summed E-state index contributed by atoms with van der Waals surface area (Å²) in [5, 5.41) is 11.3. The highest BCUT2D eigenvalue weighted by atomic mass is 19.1. The molecule has 0 aliphatic carbocycles. The van der Waals surface area contributed by atoms with Crippen LogP contribution in [0, 0.1) is 24.5 Å². The second-order valence-electron chi connectivity index (χ2n) is 8.66. The van der Waals surface area contributed by atoms with Crippen LogP contribution in [0.3, 0.4) is 0 Å². The minimum absolute atomic E-state index is 0.0572. The number of anilines is 1. The highest BCUT2D eigenvalue weighted by Gasteiger charge is 2.35. The van der Waals surface area contributed by atoms with Gasteiger partial charge in [0.1, 0.15) is 28.4 Å². The van der Waals surface area contributed by atoms with E-state index < -0.39 is 17.5 Å². The Morgan fingerprint density at radius 2 is 2.00 bits per heavy atom. The van der Waals surface area contributed by atoms with Crippen LogP contribution in [0.5, 0.6) is 0 Å². The van der Waals surface area contributed by atoms with Gasteiger partial charge in [0.05, 0.1) is 18.4 Å². The molecule has 8 nitrogen and oxygen atoms in total. The largest absolute Gasteiger partial charge is 0.423 e. The number of aryl methyl sites for hydroxylation is 1. The Morgan fingerprint density at radius 3 is 2.79 bits per heavy atom. The first-order valence-corrected chi connectivity index (χ1v) is 11.2. The van der Waals surface area contributed by atoms with E-state index in [4.69, 9.17) is 4.42 Å². The van der Waals surface area contributed by atoms with Crippen LogP contribution in [0.2, 0.25) is 0 Å². The molecule has 5 rings (SSSR count). The number of hydrogen-bond acceptors (Lipinski definition) is 6. The van der Waals surface area contributed by atoms with E-state index in [-0.39, 0.29) is 23.5 Å². The van der Waals surface area contributed by atoms with Gasteiger partial charge in [0.15, 0.2) is 5.58 Å². The highest BCUT2D eigenvalue weighted by molar-refractivity contribution is 5.98. The van der Waals surface area contributed by atoms with Crippen LogP contribution in [0.15, 0.2) is 47.1 Å². The quantitative estimate of drug-likeness (QED) is 0.471. The van der Waals surface area contributed by atoms with Gasteiger partial charge in [-0.1, -0.05) is 6.92 Å². The Balaban J connectivity index is 1.43. The monoisotopic (exact) mass is 466 g/mol. The summed E-state index contributed by atoms with van der Waals surface area (Å²) in [6, 6.07) is 7.20. The SMILES string of the molecule is Cc1cc(F)c(C(=O)N2CCCC(C)C2CNc2nc3ccc(F)cc3o2)c(-n2nccn2)c1. The molecule has 2 aromatic carbocycles. The van der Waals surface area contributed by atoms with Crippen LogP contribution in [0.25, 0.3) is 16.8 Å². The number of hydrogen-bond donors (Lipinski definition) is 1. The zero-order chi connectivity index (χ0) is 23.8. The molecule has 2 atom stereocenters. The Kier molecular flexibility index (Phi) is 5.72. The van der Waals surface area contributed by atoms with Crippen molar-refractivity contribution in [2.45, 2.75) is 32.7 Å². The second-order valence-corrected chi connectivity index (χ2v) is 8.66. The predicted octanol–water partition coefficient (Wildman–Crippen LogP) is 4.35. The van der Waals surface area contributed by atoms with Crippen LogP contribution in [-0.2, 0) is 0 Å². The van der Waals surface area contributed by atoms with E-state index in [0.717, 1.165) is 12.8 Å². The number of aromatic nitrogens is 4. The zero-order valence-corrected chi connectivity index (χ0v) is 18.8. The van der Waals surface area contributed by atoms with Gasteiger partial charge in [-0.25, -0.2) is 8.78 Å². The van der Waals surface area contributed by atoms with Crippen LogP contribution in [-0.4, -0.2) is 49.9 Å². The third-order valence-electron chi connectivity index (χ3n) is 6.25. The molecule has 4 aromatic rings. The normalized spacial score (nSPS) is 18.4. The summed E-state index contributed by atoms with van der Waals surface area (Å²) in [5.41, 5.74) is 1.78. The van der Waals surface area contributed by atoms with E-state index in [1.165, 1.54) is 35.4 Å². The predicted molar refractivity (Wildman–Crippen MR) is 122 cm³/mol. The molecule has 2 unspecified atom stereocenters. The summed E-state index contributed by atoms with van der Waals surface area (Å²) in [7, 11) is 0. The summed E-state index contributed by atoms with van der Waals surface area (Å²) in [6.45, 7) is 4.67. The van der Waals surface area contributed by atoms with Gasteiger partial charge in [-0.3, -0.25) is 4.79 Å². The molecule has 1 aliphatic rings. The fraction of sp³-hybridized carbons (Fsp3) is 0.333. The highest BCUT2D eigenvalue weighted by Crippen LogP contribution is 2.29. The number of oxazole rings is 1. The number of piperidine rings is 1. The number of carbonyl (C=O) groups is 1. The minimum Gasteiger partial charge on any atom is -0.423 e. The third-order valence-corrected chi connectivity index (χ3v) is 6.25. The first-order chi connectivity index (χ1) is 16.4. The first kappa shape index (κ1) is 22.0. The maximum atomic E-state index is 15.1. The van der Waals surface area contributed by atoms with E-state index in [1.807, 2.05) is 0 Å². The Hall–Kier alpha value is -3.82. The van der Waals surface area contributed by atoms with Gasteiger partial charge in [0.2, 0.25) is 0 Å². The molecule has 3 heterocycles. The van der Waals surface area contributed by atoms with E-state index in [1.54, 1.807) is 24.0 Å². The number of likely N-dealkylation sites (tertiary alicyclic amines) is 1. The second kappa shape index (κ2) is 8.85. The smallest absolute Gasteiger partial charge is 0.295 e. The lowest BCUT2D eigenvalue weighted by Gasteiger charge is -2.40. The van der Waals surface area contributed by atoms with Gasteiger partial charge < -0.3 is 14.6 Å². The number of rotatable bonds is 5. The number of halogens is 2. The van der Waals surface area contributed by atoms with Crippen LogP contribution < -0.4 is 5.32 Å². The lowest BCUT2D eigenvalue weighted by molar-refractivity contribution is 0.0534. The molecule has 1 N–H and O–H groups in total. The lowest BCUT2D eigenvalue weighted by Crippen LogP contribution is -2.51. The van der Waals surface area contributed by atoms with E-state index in [2.05, 4.69) is 27.4 Å². The van der Waals surface area contributed by atoms with E-state index >= 15 is 4.39 Å². The van der Waals surface area contributed by atoms with Gasteiger partial charge in [-0.15, -0.1) is 0 Å². The topological polar surface area (TPSA) is 89.1 Å². The average Bonchev–Trinajstić information content (AvgIpc) is 3.47. The summed E-state index contributed by atoms with van der Waals surface area (Å²) >= 11 is 0. The Labute approximate surface area is 194 Å². The van der Waals surface area contributed by atoms with Gasteiger partial charge in [0.25, 0.3) is 11.9 Å². The van der Waals surface area contributed by atoms with E-state index in [0.29, 0.717) is 35.4 Å². The summed E-state index contributed by atoms with van der Waals surface area (Å²) < 4.78 is 34.2. The van der Waals surface area contributed by atoms with Crippen LogP contribution >= 0.6 is 0 Å². The molecular formula is C24H24F2N6O2. The standard InChI is InChI=1S/C24H24F2N6O2/c1-14-10-17(26)22(19(11-14)32-28-7-8-29-32)23(33)31-9-3-4-15(2)20(31)13-27-24-30-18-6-5-16(25)12-21(18)34-24/h5-8,10-12,15,20H,3-4,9,13H2,1-2H3,(H,27,30). The summed E-state index contributed by atoms with van der Waals surface area (Å²) in [6.07, 6.45) is 4.71. The zero-order valence-electron chi connectivity index (χ0n) is 18.8. The van der Waals surface area contributed by atoms with Crippen molar-refractivity contribution in [3.05, 3.63) is 65.5 Å². The van der Waals surface area contributed by atoms with Crippen molar-refractivity contribution in [3.63, 3.8) is 0 Å². The van der Waals surface area contributed by atoms with Gasteiger partial charge in [-0.2, -0.15) is 20.0 Å². The number of benzene rings is 2. The van der Waals surface area contributed by atoms with Crippen molar-refractivity contribution >= 4 is 23.0 Å². The third kappa shape index (κ3) is 4.11. The van der Waals surface area contributed by atoms with Gasteiger partial charge in [-0.05, 0) is 55.5 Å². The van der Waals surface area contributed by atoms with Crippen molar-refractivity contribution in [1.29, 1.82) is 0 Å². The molecule has 2 aromatic heterocycles. The molecule has 176 valence electrons. The molecule has 0 radical (unpaired) electrons. The summed E-state index contributed by atoms with van der Waals surface area (Å²) in [4.78, 5) is 21.0. The molecule has 1 amide bonds. The molecule has 0 bridgehead atoms. The van der Waals surface area contributed by atoms with Crippen molar-refractivity contribution < 1.29 is 18.0 Å². The molecule has 1 fully saturated rings. The number of amides is 1. The van der Waals surface area contributed by atoms with Gasteiger partial charge in [0, 0.05) is 19.2 Å². The molecule has 1 saturated heterocycles. The fourth-order valence-electron chi connectivity index (χ4n) is 4.56. The van der Waals surface area contributed by atoms with E-state index in [9.17, 15) is 9.18 Å². The number of nitrogens with zero attached hydrogens (tertiary/aromatic N) is 5. The fourth-order valence-corrected chi connectivity index (χ4v) is 4.56. The minimum atomic E-state index is -0.608. The Bertz CT molecular complexity index is 1340. The maximum Gasteiger partial charge on any atom is 0.295 e.